The highest BCUT2D eigenvalue weighted by atomic mass is 32.2. The van der Waals surface area contributed by atoms with Crippen LogP contribution in [0.5, 0.6) is 0 Å². The lowest BCUT2D eigenvalue weighted by atomic mass is 9.75. The normalized spacial score (nSPS) is 21.0. The standard InChI is InChI=1S/C30H22N2O8S/c33-25(15-1-11-21-23(13-15)29(37)39-27(21)35)31-17-3-7-19(8-4-17)41-20-9-5-18(6-10-20)32-26(34)16-2-12-22-24(14-16)30(38)40-28(22)36/h1,3-11,13,16,22,24H,2,12,14H2,(H,31,33)(H,32,34). The topological polar surface area (TPSA) is 145 Å². The number of carbonyl (C=O) groups is 6. The van der Waals surface area contributed by atoms with E-state index in [1.165, 1.54) is 30.0 Å². The van der Waals surface area contributed by atoms with Crippen molar-refractivity contribution in [3.05, 3.63) is 83.4 Å². The quantitative estimate of drug-likeness (QED) is 0.324. The van der Waals surface area contributed by atoms with Crippen molar-refractivity contribution in [1.82, 2.24) is 0 Å². The maximum atomic E-state index is 12.8. The van der Waals surface area contributed by atoms with Gasteiger partial charge in [-0.2, -0.15) is 0 Å². The highest BCUT2D eigenvalue weighted by Gasteiger charge is 2.48. The van der Waals surface area contributed by atoms with E-state index < -0.39 is 41.6 Å². The molecule has 0 spiro atoms. The molecule has 2 amide bonds. The number of rotatable bonds is 6. The third kappa shape index (κ3) is 5.36. The van der Waals surface area contributed by atoms with Gasteiger partial charge in [0.1, 0.15) is 0 Å². The van der Waals surface area contributed by atoms with E-state index in [-0.39, 0.29) is 28.5 Å². The SMILES string of the molecule is O=C(Nc1ccc(Sc2ccc(NC(=O)C3CCC4C(=O)OC(=O)C4C3)cc2)cc1)c1ccc2c(c1)C(=O)OC2=O. The summed E-state index contributed by atoms with van der Waals surface area (Å²) in [6.45, 7) is 0. The first-order chi connectivity index (χ1) is 19.7. The fraction of sp³-hybridized carbons (Fsp3) is 0.200. The Morgan fingerprint density at radius 2 is 1.29 bits per heavy atom. The second kappa shape index (κ2) is 10.7. The molecule has 3 aliphatic rings. The lowest BCUT2D eigenvalue weighted by Crippen LogP contribution is -2.33. The van der Waals surface area contributed by atoms with Crippen LogP contribution in [-0.2, 0) is 23.9 Å². The van der Waals surface area contributed by atoms with Gasteiger partial charge in [0, 0.05) is 32.6 Å². The summed E-state index contributed by atoms with van der Waals surface area (Å²) < 4.78 is 9.28. The van der Waals surface area contributed by atoms with E-state index in [0.29, 0.717) is 30.6 Å². The molecule has 2 N–H and O–H groups in total. The summed E-state index contributed by atoms with van der Waals surface area (Å²) in [5.74, 6) is -4.41. The Kier molecular flexibility index (Phi) is 6.88. The van der Waals surface area contributed by atoms with Gasteiger partial charge >= 0.3 is 23.9 Å². The van der Waals surface area contributed by atoms with Crippen molar-refractivity contribution in [2.75, 3.05) is 10.6 Å². The monoisotopic (exact) mass is 570 g/mol. The average Bonchev–Trinajstić information content (AvgIpc) is 3.43. The first kappa shape index (κ1) is 26.5. The average molecular weight is 571 g/mol. The van der Waals surface area contributed by atoms with E-state index in [9.17, 15) is 28.8 Å². The van der Waals surface area contributed by atoms with Crippen LogP contribution in [0.1, 0.15) is 50.3 Å². The predicted molar refractivity (Wildman–Crippen MR) is 145 cm³/mol. The van der Waals surface area contributed by atoms with Crippen LogP contribution < -0.4 is 10.6 Å². The zero-order valence-electron chi connectivity index (χ0n) is 21.4. The van der Waals surface area contributed by atoms with Crippen molar-refractivity contribution in [3.63, 3.8) is 0 Å². The second-order valence-electron chi connectivity index (χ2n) is 9.99. The molecule has 1 saturated carbocycles. The van der Waals surface area contributed by atoms with Crippen molar-refractivity contribution in [1.29, 1.82) is 0 Å². The Hall–Kier alpha value is -4.77. The lowest BCUT2D eigenvalue weighted by Gasteiger charge is -2.26. The van der Waals surface area contributed by atoms with Crippen LogP contribution in [0.4, 0.5) is 11.4 Å². The van der Waals surface area contributed by atoms with Crippen molar-refractivity contribution in [2.24, 2.45) is 17.8 Å². The molecular formula is C30H22N2O8S. The Balaban J connectivity index is 1.02. The number of benzene rings is 3. The van der Waals surface area contributed by atoms with E-state index in [0.717, 1.165) is 9.79 Å². The highest BCUT2D eigenvalue weighted by Crippen LogP contribution is 2.40. The van der Waals surface area contributed by atoms with E-state index in [1.54, 1.807) is 24.3 Å². The maximum Gasteiger partial charge on any atom is 0.346 e. The van der Waals surface area contributed by atoms with E-state index >= 15 is 0 Å². The number of ether oxygens (including phenoxy) is 2. The minimum atomic E-state index is -0.769. The predicted octanol–water partition coefficient (Wildman–Crippen LogP) is 4.46. The molecule has 1 saturated heterocycles. The lowest BCUT2D eigenvalue weighted by molar-refractivity contribution is -0.153. The van der Waals surface area contributed by atoms with Gasteiger partial charge in [-0.1, -0.05) is 11.8 Å². The van der Waals surface area contributed by atoms with Crippen molar-refractivity contribution < 1.29 is 38.2 Å². The summed E-state index contributed by atoms with van der Waals surface area (Å²) in [7, 11) is 0. The summed E-state index contributed by atoms with van der Waals surface area (Å²) in [5, 5.41) is 5.67. The fourth-order valence-corrected chi connectivity index (χ4v) is 6.04. The van der Waals surface area contributed by atoms with Gasteiger partial charge < -0.3 is 20.1 Å². The minimum Gasteiger partial charge on any atom is -0.393 e. The molecule has 1 aliphatic carbocycles. The smallest absolute Gasteiger partial charge is 0.346 e. The van der Waals surface area contributed by atoms with Crippen LogP contribution in [0, 0.1) is 17.8 Å². The number of cyclic esters (lactones) is 4. The molecular weight excluding hydrogens is 548 g/mol. The van der Waals surface area contributed by atoms with Crippen LogP contribution in [0.2, 0.25) is 0 Å². The maximum absolute atomic E-state index is 12.8. The van der Waals surface area contributed by atoms with Gasteiger partial charge in [-0.05, 0) is 86.0 Å². The number of anilines is 2. The molecule has 2 aliphatic heterocycles. The number of amides is 2. The molecule has 10 nitrogen and oxygen atoms in total. The van der Waals surface area contributed by atoms with Gasteiger partial charge in [0.05, 0.1) is 23.0 Å². The molecule has 11 heteroatoms. The van der Waals surface area contributed by atoms with Crippen LogP contribution in [0.3, 0.4) is 0 Å². The number of hydrogen-bond acceptors (Lipinski definition) is 9. The molecule has 41 heavy (non-hydrogen) atoms. The number of nitrogens with one attached hydrogen (secondary N) is 2. The van der Waals surface area contributed by atoms with Crippen LogP contribution >= 0.6 is 11.8 Å². The summed E-state index contributed by atoms with van der Waals surface area (Å²) in [6, 6.07) is 18.8. The van der Waals surface area contributed by atoms with Gasteiger partial charge in [-0.3, -0.25) is 19.2 Å². The first-order valence-corrected chi connectivity index (χ1v) is 13.7. The third-order valence-corrected chi connectivity index (χ3v) is 8.42. The molecule has 3 atom stereocenters. The summed E-state index contributed by atoms with van der Waals surface area (Å²) >= 11 is 1.50. The van der Waals surface area contributed by atoms with Crippen molar-refractivity contribution in [3.8, 4) is 0 Å². The van der Waals surface area contributed by atoms with Crippen molar-refractivity contribution in [2.45, 2.75) is 29.1 Å². The Morgan fingerprint density at radius 3 is 1.98 bits per heavy atom. The van der Waals surface area contributed by atoms with Crippen LogP contribution in [-0.4, -0.2) is 35.7 Å². The second-order valence-corrected chi connectivity index (χ2v) is 11.1. The largest absolute Gasteiger partial charge is 0.393 e. The molecule has 3 aromatic carbocycles. The molecule has 3 unspecified atom stereocenters. The van der Waals surface area contributed by atoms with E-state index in [2.05, 4.69) is 15.4 Å². The third-order valence-electron chi connectivity index (χ3n) is 7.40. The molecule has 0 aromatic heterocycles. The number of esters is 4. The Labute approximate surface area is 237 Å². The van der Waals surface area contributed by atoms with Gasteiger partial charge in [0.15, 0.2) is 0 Å². The Morgan fingerprint density at radius 1 is 0.683 bits per heavy atom. The van der Waals surface area contributed by atoms with Gasteiger partial charge in [-0.15, -0.1) is 0 Å². The minimum absolute atomic E-state index is 0.0699. The molecule has 206 valence electrons. The Bertz CT molecular complexity index is 1620. The molecule has 2 fully saturated rings. The number of hydrogen-bond donors (Lipinski definition) is 2. The van der Waals surface area contributed by atoms with Crippen molar-refractivity contribution >= 4 is 58.8 Å². The number of carbonyl (C=O) groups excluding carboxylic acids is 6. The van der Waals surface area contributed by atoms with Gasteiger partial charge in [0.2, 0.25) is 5.91 Å². The van der Waals surface area contributed by atoms with Crippen LogP contribution in [0.15, 0.2) is 76.5 Å². The molecule has 0 bridgehead atoms. The molecule has 6 rings (SSSR count). The van der Waals surface area contributed by atoms with E-state index in [1.807, 2.05) is 24.3 Å². The summed E-state index contributed by atoms with van der Waals surface area (Å²) in [5.41, 5.74) is 1.63. The fourth-order valence-electron chi connectivity index (χ4n) is 5.22. The zero-order chi connectivity index (χ0) is 28.7. The zero-order valence-corrected chi connectivity index (χ0v) is 22.2. The van der Waals surface area contributed by atoms with Crippen LogP contribution in [0.25, 0.3) is 0 Å². The molecule has 3 aromatic rings. The first-order valence-electron chi connectivity index (χ1n) is 12.9. The van der Waals surface area contributed by atoms with E-state index in [4.69, 9.17) is 4.74 Å². The van der Waals surface area contributed by atoms with Gasteiger partial charge in [-0.25, -0.2) is 9.59 Å². The highest BCUT2D eigenvalue weighted by molar-refractivity contribution is 7.99. The van der Waals surface area contributed by atoms with Gasteiger partial charge in [0.25, 0.3) is 5.91 Å². The summed E-state index contributed by atoms with van der Waals surface area (Å²) in [4.78, 5) is 74.3. The number of fused-ring (bicyclic) bond motifs is 2. The summed E-state index contributed by atoms with van der Waals surface area (Å²) in [6.07, 6.45) is 1.31. The molecule has 2 heterocycles. The molecule has 0 radical (unpaired) electrons.